The van der Waals surface area contributed by atoms with E-state index in [2.05, 4.69) is 0 Å². The normalized spacial score (nSPS) is 16.9. The number of amides is 1. The van der Waals surface area contributed by atoms with E-state index in [4.69, 9.17) is 11.5 Å². The predicted molar refractivity (Wildman–Crippen MR) is 70.3 cm³/mol. The van der Waals surface area contributed by atoms with Gasteiger partial charge in [0.05, 0.1) is 11.3 Å². The molecule has 1 aliphatic rings. The lowest BCUT2D eigenvalue weighted by Crippen LogP contribution is -2.17. The molecule has 0 atom stereocenters. The predicted octanol–water partition coefficient (Wildman–Crippen LogP) is 1.68. The van der Waals surface area contributed by atoms with Crippen LogP contribution < -0.4 is 11.5 Å². The minimum Gasteiger partial charge on any atom is -0.508 e. The smallest absolute Gasteiger partial charge is 0.250 e. The van der Waals surface area contributed by atoms with Gasteiger partial charge in [0, 0.05) is 5.56 Å². The molecule has 1 saturated heterocycles. The first-order valence-corrected chi connectivity index (χ1v) is 6.75. The Kier molecular flexibility index (Phi) is 3.47. The molecule has 0 aromatic heterocycles. The van der Waals surface area contributed by atoms with Gasteiger partial charge in [-0.25, -0.2) is 0 Å². The van der Waals surface area contributed by atoms with Gasteiger partial charge in [-0.1, -0.05) is 0 Å². The number of aromatic hydroxyl groups is 1. The lowest BCUT2D eigenvalue weighted by molar-refractivity contribution is 0.100. The number of hydrogen-bond acceptors (Lipinski definition) is 4. The first kappa shape index (κ1) is 12.1. The number of nitrogens with two attached hydrogens (primary N) is 2. The second kappa shape index (κ2) is 4.87. The lowest BCUT2D eigenvalue weighted by Gasteiger charge is -2.24. The van der Waals surface area contributed by atoms with E-state index in [1.54, 1.807) is 0 Å². The lowest BCUT2D eigenvalue weighted by atomic mass is 9.89. The minimum atomic E-state index is -0.547. The molecule has 4 nitrogen and oxygen atoms in total. The highest BCUT2D eigenvalue weighted by atomic mass is 32.2. The summed E-state index contributed by atoms with van der Waals surface area (Å²) in [5.74, 6) is 1.98. The Hall–Kier alpha value is -1.36. The van der Waals surface area contributed by atoms with Gasteiger partial charge in [-0.3, -0.25) is 4.79 Å². The maximum atomic E-state index is 11.2. The highest BCUT2D eigenvalue weighted by molar-refractivity contribution is 7.99. The van der Waals surface area contributed by atoms with Crippen molar-refractivity contribution in [3.8, 4) is 5.75 Å². The molecule has 1 aliphatic heterocycles. The molecule has 17 heavy (non-hydrogen) atoms. The second-order valence-electron chi connectivity index (χ2n) is 4.21. The van der Waals surface area contributed by atoms with Crippen molar-refractivity contribution in [2.24, 2.45) is 5.73 Å². The molecule has 92 valence electrons. The van der Waals surface area contributed by atoms with Crippen LogP contribution in [0.1, 0.15) is 34.7 Å². The molecule has 1 aromatic carbocycles. The Labute approximate surface area is 104 Å². The van der Waals surface area contributed by atoms with Gasteiger partial charge >= 0.3 is 0 Å². The van der Waals surface area contributed by atoms with Crippen molar-refractivity contribution >= 4 is 23.4 Å². The molecular formula is C12H16N2O2S. The monoisotopic (exact) mass is 252 g/mol. The van der Waals surface area contributed by atoms with Crippen LogP contribution in [0, 0.1) is 0 Å². The summed E-state index contributed by atoms with van der Waals surface area (Å²) < 4.78 is 0. The molecule has 5 N–H and O–H groups in total. The van der Waals surface area contributed by atoms with Crippen molar-refractivity contribution in [2.45, 2.75) is 18.8 Å². The Bertz CT molecular complexity index is 442. The molecular weight excluding hydrogens is 236 g/mol. The van der Waals surface area contributed by atoms with Crippen molar-refractivity contribution in [2.75, 3.05) is 17.2 Å². The molecule has 2 rings (SSSR count). The maximum absolute atomic E-state index is 11.2. The Morgan fingerprint density at radius 1 is 1.35 bits per heavy atom. The van der Waals surface area contributed by atoms with Crippen LogP contribution in [0.2, 0.25) is 0 Å². The third-order valence-electron chi connectivity index (χ3n) is 3.16. The number of phenolic OH excluding ortho intramolecular Hbond substituents is 1. The van der Waals surface area contributed by atoms with Crippen molar-refractivity contribution < 1.29 is 9.90 Å². The van der Waals surface area contributed by atoms with Crippen LogP contribution in [0.3, 0.4) is 0 Å². The summed E-state index contributed by atoms with van der Waals surface area (Å²) in [6.45, 7) is 0. The zero-order valence-corrected chi connectivity index (χ0v) is 10.3. The Morgan fingerprint density at radius 2 is 2.00 bits per heavy atom. The Morgan fingerprint density at radius 3 is 2.59 bits per heavy atom. The largest absolute Gasteiger partial charge is 0.508 e. The standard InChI is InChI=1S/C12H16N2O2S/c13-11-8(12(14)16)1-2-9(15)10(11)7-3-5-17-6-4-7/h1-2,7,15H,3-6,13H2,(H2,14,16). The van der Waals surface area contributed by atoms with E-state index in [-0.39, 0.29) is 11.7 Å². The van der Waals surface area contributed by atoms with Gasteiger partial charge in [0.15, 0.2) is 0 Å². The van der Waals surface area contributed by atoms with E-state index in [0.29, 0.717) is 16.8 Å². The van der Waals surface area contributed by atoms with Gasteiger partial charge in [-0.05, 0) is 42.4 Å². The topological polar surface area (TPSA) is 89.3 Å². The van der Waals surface area contributed by atoms with Crippen molar-refractivity contribution in [1.29, 1.82) is 0 Å². The fraction of sp³-hybridized carbons (Fsp3) is 0.417. The van der Waals surface area contributed by atoms with Crippen LogP contribution in [0.4, 0.5) is 5.69 Å². The summed E-state index contributed by atoms with van der Waals surface area (Å²) in [6, 6.07) is 2.99. The molecule has 1 aromatic rings. The highest BCUT2D eigenvalue weighted by Gasteiger charge is 2.23. The van der Waals surface area contributed by atoms with Crippen molar-refractivity contribution in [1.82, 2.24) is 0 Å². The van der Waals surface area contributed by atoms with Gasteiger partial charge in [0.25, 0.3) is 5.91 Å². The van der Waals surface area contributed by atoms with E-state index in [0.717, 1.165) is 24.3 Å². The average Bonchev–Trinajstić information content (AvgIpc) is 2.30. The summed E-state index contributed by atoms with van der Waals surface area (Å²) in [5.41, 5.74) is 12.5. The number of carbonyl (C=O) groups is 1. The zero-order chi connectivity index (χ0) is 12.4. The van der Waals surface area contributed by atoms with E-state index in [1.165, 1.54) is 12.1 Å². The van der Waals surface area contributed by atoms with Crippen LogP contribution in [0.15, 0.2) is 12.1 Å². The van der Waals surface area contributed by atoms with E-state index in [1.807, 2.05) is 11.8 Å². The third-order valence-corrected chi connectivity index (χ3v) is 4.21. The molecule has 0 aliphatic carbocycles. The van der Waals surface area contributed by atoms with Crippen LogP contribution in [-0.2, 0) is 0 Å². The van der Waals surface area contributed by atoms with Crippen LogP contribution in [0.25, 0.3) is 0 Å². The quantitative estimate of drug-likeness (QED) is 0.699. The van der Waals surface area contributed by atoms with Gasteiger partial charge in [0.1, 0.15) is 5.75 Å². The molecule has 1 heterocycles. The number of hydrogen-bond donors (Lipinski definition) is 3. The minimum absolute atomic E-state index is 0.171. The average molecular weight is 252 g/mol. The highest BCUT2D eigenvalue weighted by Crippen LogP contribution is 2.40. The van der Waals surface area contributed by atoms with E-state index in [9.17, 15) is 9.90 Å². The van der Waals surface area contributed by atoms with E-state index < -0.39 is 5.91 Å². The first-order chi connectivity index (χ1) is 8.11. The number of benzene rings is 1. The van der Waals surface area contributed by atoms with Gasteiger partial charge in [0.2, 0.25) is 0 Å². The number of primary amides is 1. The molecule has 0 bridgehead atoms. The SMILES string of the molecule is NC(=O)c1ccc(O)c(C2CCSCC2)c1N. The molecule has 5 heteroatoms. The summed E-state index contributed by atoms with van der Waals surface area (Å²) in [4.78, 5) is 11.2. The summed E-state index contributed by atoms with van der Waals surface area (Å²) in [5, 5.41) is 9.91. The molecule has 0 saturated carbocycles. The first-order valence-electron chi connectivity index (χ1n) is 5.60. The second-order valence-corrected chi connectivity index (χ2v) is 5.44. The molecule has 0 spiro atoms. The molecule has 1 amide bonds. The number of phenols is 1. The molecule has 0 unspecified atom stereocenters. The summed E-state index contributed by atoms with van der Waals surface area (Å²) in [7, 11) is 0. The summed E-state index contributed by atoms with van der Waals surface area (Å²) >= 11 is 1.90. The van der Waals surface area contributed by atoms with Gasteiger partial charge in [-0.2, -0.15) is 11.8 Å². The van der Waals surface area contributed by atoms with Crippen LogP contribution in [0.5, 0.6) is 5.75 Å². The number of thioether (sulfide) groups is 1. The van der Waals surface area contributed by atoms with Crippen LogP contribution >= 0.6 is 11.8 Å². The third kappa shape index (κ3) is 2.34. The summed E-state index contributed by atoms with van der Waals surface area (Å²) in [6.07, 6.45) is 1.95. The number of nitrogen functional groups attached to an aromatic ring is 1. The van der Waals surface area contributed by atoms with Crippen molar-refractivity contribution in [3.05, 3.63) is 23.3 Å². The number of anilines is 1. The molecule has 1 fully saturated rings. The Balaban J connectivity index is 2.43. The number of carbonyl (C=O) groups excluding carboxylic acids is 1. The van der Waals surface area contributed by atoms with Crippen molar-refractivity contribution in [3.63, 3.8) is 0 Å². The van der Waals surface area contributed by atoms with Gasteiger partial charge < -0.3 is 16.6 Å². The number of rotatable bonds is 2. The fourth-order valence-corrected chi connectivity index (χ4v) is 3.36. The molecule has 0 radical (unpaired) electrons. The van der Waals surface area contributed by atoms with E-state index >= 15 is 0 Å². The maximum Gasteiger partial charge on any atom is 0.250 e. The zero-order valence-electron chi connectivity index (χ0n) is 9.48. The fourth-order valence-electron chi connectivity index (χ4n) is 2.26. The van der Waals surface area contributed by atoms with Gasteiger partial charge in [-0.15, -0.1) is 0 Å². The van der Waals surface area contributed by atoms with Crippen LogP contribution in [-0.4, -0.2) is 22.5 Å².